The van der Waals surface area contributed by atoms with Crippen LogP contribution in [0.25, 0.3) is 11.5 Å². The normalized spacial score (nSPS) is 9.65. The number of aromatic nitrogens is 2. The molecule has 1 N–H and O–H groups in total. The summed E-state index contributed by atoms with van der Waals surface area (Å²) >= 11 is 0. The molecule has 0 saturated carbocycles. The van der Waals surface area contributed by atoms with E-state index >= 15 is 0 Å². The quantitative estimate of drug-likeness (QED) is 0.842. The van der Waals surface area contributed by atoms with Gasteiger partial charge < -0.3 is 4.42 Å². The highest BCUT2D eigenvalue weighted by Gasteiger charge is 2.15. The Labute approximate surface area is 96.9 Å². The third-order valence-electron chi connectivity index (χ3n) is 1.93. The number of nitriles is 1. The van der Waals surface area contributed by atoms with Gasteiger partial charge >= 0.3 is 0 Å². The van der Waals surface area contributed by atoms with Crippen LogP contribution in [0.15, 0.2) is 28.9 Å². The molecule has 0 saturated heterocycles. The number of nitrogens with zero attached hydrogens (tertiary/aromatic N) is 3. The Bertz CT molecular complexity index is 583. The number of anilines is 1. The SMILES string of the molecule is CC(=O)Nc1oc(-c2cccnc2)nc1C#N. The average Bonchev–Trinajstić information content (AvgIpc) is 2.72. The fraction of sp³-hybridized carbons (Fsp3) is 0.0909. The summed E-state index contributed by atoms with van der Waals surface area (Å²) in [6, 6.07) is 5.32. The van der Waals surface area contributed by atoms with E-state index in [2.05, 4.69) is 15.3 Å². The lowest BCUT2D eigenvalue weighted by atomic mass is 10.3. The number of carbonyl (C=O) groups is 1. The van der Waals surface area contributed by atoms with Crippen LogP contribution < -0.4 is 5.32 Å². The first-order chi connectivity index (χ1) is 8.20. The first-order valence-corrected chi connectivity index (χ1v) is 4.79. The van der Waals surface area contributed by atoms with E-state index in [1.54, 1.807) is 24.5 Å². The van der Waals surface area contributed by atoms with Crippen molar-refractivity contribution in [3.8, 4) is 17.5 Å². The highest BCUT2D eigenvalue weighted by molar-refractivity contribution is 5.88. The number of hydrogen-bond donors (Lipinski definition) is 1. The van der Waals surface area contributed by atoms with Gasteiger partial charge in [0.05, 0.1) is 5.56 Å². The summed E-state index contributed by atoms with van der Waals surface area (Å²) in [5, 5.41) is 11.3. The van der Waals surface area contributed by atoms with Crippen LogP contribution in [0.5, 0.6) is 0 Å². The van der Waals surface area contributed by atoms with Gasteiger partial charge in [-0.05, 0) is 12.1 Å². The molecule has 6 heteroatoms. The molecule has 0 aliphatic rings. The monoisotopic (exact) mass is 228 g/mol. The molecule has 0 unspecified atom stereocenters. The Balaban J connectivity index is 2.42. The predicted molar refractivity (Wildman–Crippen MR) is 58.8 cm³/mol. The van der Waals surface area contributed by atoms with Gasteiger partial charge in [0.25, 0.3) is 0 Å². The van der Waals surface area contributed by atoms with E-state index in [0.29, 0.717) is 5.56 Å². The van der Waals surface area contributed by atoms with Crippen molar-refractivity contribution in [1.82, 2.24) is 9.97 Å². The molecule has 6 nitrogen and oxygen atoms in total. The minimum absolute atomic E-state index is 0.0408. The van der Waals surface area contributed by atoms with Crippen molar-refractivity contribution in [3.05, 3.63) is 30.2 Å². The van der Waals surface area contributed by atoms with Crippen LogP contribution in [0, 0.1) is 11.3 Å². The second-order valence-electron chi connectivity index (χ2n) is 3.23. The molecule has 2 aromatic rings. The van der Waals surface area contributed by atoms with Gasteiger partial charge in [0, 0.05) is 19.3 Å². The van der Waals surface area contributed by atoms with Gasteiger partial charge in [-0.1, -0.05) is 0 Å². The van der Waals surface area contributed by atoms with E-state index in [-0.39, 0.29) is 23.4 Å². The molecular weight excluding hydrogens is 220 g/mol. The fourth-order valence-corrected chi connectivity index (χ4v) is 1.25. The summed E-state index contributed by atoms with van der Waals surface area (Å²) in [4.78, 5) is 18.8. The highest BCUT2D eigenvalue weighted by atomic mass is 16.4. The molecule has 0 aromatic carbocycles. The number of rotatable bonds is 2. The predicted octanol–water partition coefficient (Wildman–Crippen LogP) is 1.57. The molecule has 0 spiro atoms. The summed E-state index contributed by atoms with van der Waals surface area (Å²) < 4.78 is 5.30. The van der Waals surface area contributed by atoms with Crippen molar-refractivity contribution in [2.45, 2.75) is 6.92 Å². The fourth-order valence-electron chi connectivity index (χ4n) is 1.25. The van der Waals surface area contributed by atoms with Crippen molar-refractivity contribution in [2.24, 2.45) is 0 Å². The van der Waals surface area contributed by atoms with Gasteiger partial charge in [-0.15, -0.1) is 0 Å². The summed E-state index contributed by atoms with van der Waals surface area (Å²) in [6.07, 6.45) is 3.18. The Morgan fingerprint density at radius 2 is 2.41 bits per heavy atom. The summed E-state index contributed by atoms with van der Waals surface area (Å²) in [5.41, 5.74) is 0.680. The Morgan fingerprint density at radius 3 is 3.00 bits per heavy atom. The Hall–Kier alpha value is -2.68. The maximum atomic E-state index is 10.9. The molecule has 17 heavy (non-hydrogen) atoms. The number of nitrogens with one attached hydrogen (secondary N) is 1. The first kappa shape index (κ1) is 10.8. The zero-order chi connectivity index (χ0) is 12.3. The molecule has 0 aliphatic heterocycles. The lowest BCUT2D eigenvalue weighted by Gasteiger charge is -1.95. The van der Waals surface area contributed by atoms with Crippen LogP contribution in [-0.2, 0) is 4.79 Å². The van der Waals surface area contributed by atoms with Gasteiger partial charge in [0.15, 0.2) is 0 Å². The second-order valence-corrected chi connectivity index (χ2v) is 3.23. The lowest BCUT2D eigenvalue weighted by molar-refractivity contribution is -0.114. The van der Waals surface area contributed by atoms with Crippen LogP contribution >= 0.6 is 0 Å². The third kappa shape index (κ3) is 2.29. The second kappa shape index (κ2) is 4.45. The highest BCUT2D eigenvalue weighted by Crippen LogP contribution is 2.24. The third-order valence-corrected chi connectivity index (χ3v) is 1.93. The van der Waals surface area contributed by atoms with Gasteiger partial charge in [-0.3, -0.25) is 15.1 Å². The summed E-state index contributed by atoms with van der Waals surface area (Å²) in [7, 11) is 0. The zero-order valence-electron chi connectivity index (χ0n) is 8.97. The maximum Gasteiger partial charge on any atom is 0.239 e. The van der Waals surface area contributed by atoms with Gasteiger partial charge in [0.1, 0.15) is 6.07 Å². The molecule has 2 aromatic heterocycles. The zero-order valence-corrected chi connectivity index (χ0v) is 8.97. The number of hydrogen-bond acceptors (Lipinski definition) is 5. The lowest BCUT2D eigenvalue weighted by Crippen LogP contribution is -2.05. The standard InChI is InChI=1S/C11H8N4O2/c1-7(16)14-11-9(5-12)15-10(17-11)8-3-2-4-13-6-8/h2-4,6H,1H3,(H,14,16). The molecule has 0 fully saturated rings. The first-order valence-electron chi connectivity index (χ1n) is 4.79. The van der Waals surface area contributed by atoms with E-state index in [1.165, 1.54) is 6.92 Å². The molecule has 2 heterocycles. The molecule has 84 valence electrons. The van der Waals surface area contributed by atoms with Gasteiger partial charge in [0.2, 0.25) is 23.4 Å². The average molecular weight is 228 g/mol. The molecular formula is C11H8N4O2. The Morgan fingerprint density at radius 1 is 1.59 bits per heavy atom. The molecule has 2 rings (SSSR count). The van der Waals surface area contributed by atoms with E-state index in [9.17, 15) is 4.79 Å². The maximum absolute atomic E-state index is 10.9. The van der Waals surface area contributed by atoms with Gasteiger partial charge in [-0.2, -0.15) is 10.2 Å². The number of carbonyl (C=O) groups excluding carboxylic acids is 1. The smallest absolute Gasteiger partial charge is 0.239 e. The summed E-state index contributed by atoms with van der Waals surface area (Å²) in [6.45, 7) is 1.33. The minimum atomic E-state index is -0.324. The number of oxazole rings is 1. The van der Waals surface area contributed by atoms with Crippen LogP contribution in [0.2, 0.25) is 0 Å². The largest absolute Gasteiger partial charge is 0.419 e. The van der Waals surface area contributed by atoms with Crippen LogP contribution in [-0.4, -0.2) is 15.9 Å². The molecule has 0 atom stereocenters. The van der Waals surface area contributed by atoms with Crippen molar-refractivity contribution in [1.29, 1.82) is 5.26 Å². The Kier molecular flexibility index (Phi) is 2.83. The molecule has 0 aliphatic carbocycles. The summed E-state index contributed by atoms with van der Waals surface area (Å²) in [5.74, 6) is -0.0207. The van der Waals surface area contributed by atoms with Crippen LogP contribution in [0.3, 0.4) is 0 Å². The topological polar surface area (TPSA) is 91.8 Å². The molecule has 0 bridgehead atoms. The number of amides is 1. The minimum Gasteiger partial charge on any atom is -0.419 e. The van der Waals surface area contributed by atoms with Gasteiger partial charge in [-0.25, -0.2) is 0 Å². The number of pyridine rings is 1. The van der Waals surface area contributed by atoms with Crippen molar-refractivity contribution in [2.75, 3.05) is 5.32 Å². The van der Waals surface area contributed by atoms with E-state index < -0.39 is 0 Å². The van der Waals surface area contributed by atoms with E-state index in [0.717, 1.165) is 0 Å². The van der Waals surface area contributed by atoms with Crippen LogP contribution in [0.1, 0.15) is 12.6 Å². The van der Waals surface area contributed by atoms with Crippen molar-refractivity contribution < 1.29 is 9.21 Å². The van der Waals surface area contributed by atoms with E-state index in [1.807, 2.05) is 6.07 Å². The van der Waals surface area contributed by atoms with Crippen molar-refractivity contribution in [3.63, 3.8) is 0 Å². The van der Waals surface area contributed by atoms with Crippen LogP contribution in [0.4, 0.5) is 5.88 Å². The van der Waals surface area contributed by atoms with E-state index in [4.69, 9.17) is 9.68 Å². The van der Waals surface area contributed by atoms with Crippen molar-refractivity contribution >= 4 is 11.8 Å². The molecule has 0 radical (unpaired) electrons. The molecule has 1 amide bonds.